The van der Waals surface area contributed by atoms with Gasteiger partial charge in [0.15, 0.2) is 0 Å². The molecule has 0 aromatic heterocycles. The van der Waals surface area contributed by atoms with Gasteiger partial charge in [0.2, 0.25) is 10.0 Å². The normalized spacial score (nSPS) is 13.1. The monoisotopic (exact) mass is 319 g/mol. The number of benzene rings is 2. The Labute approximate surface area is 131 Å². The summed E-state index contributed by atoms with van der Waals surface area (Å²) in [6.07, 6.45) is 0. The predicted octanol–water partition coefficient (Wildman–Crippen LogP) is 2.62. The van der Waals surface area contributed by atoms with Crippen molar-refractivity contribution in [1.29, 1.82) is 0 Å². The van der Waals surface area contributed by atoms with Gasteiger partial charge in [-0.3, -0.25) is 0 Å². The van der Waals surface area contributed by atoms with E-state index in [-0.39, 0.29) is 11.5 Å². The number of aliphatic hydroxyl groups excluding tert-OH is 1. The highest BCUT2D eigenvalue weighted by molar-refractivity contribution is 7.89. The minimum atomic E-state index is -3.71. The SMILES string of the molecule is Cc1cc(C)c(S(=O)(=O)N[C@H](CO)c2ccccc2)c(C)c1. The Morgan fingerprint density at radius 2 is 1.59 bits per heavy atom. The maximum absolute atomic E-state index is 12.7. The summed E-state index contributed by atoms with van der Waals surface area (Å²) in [5.74, 6) is 0. The van der Waals surface area contributed by atoms with E-state index in [0.29, 0.717) is 11.1 Å². The first-order chi connectivity index (χ1) is 10.3. The second-order valence-electron chi connectivity index (χ2n) is 5.49. The summed E-state index contributed by atoms with van der Waals surface area (Å²) in [4.78, 5) is 0.285. The molecule has 0 spiro atoms. The first-order valence-electron chi connectivity index (χ1n) is 7.11. The van der Waals surface area contributed by atoms with Crippen LogP contribution in [-0.4, -0.2) is 20.1 Å². The average molecular weight is 319 g/mol. The van der Waals surface area contributed by atoms with E-state index in [9.17, 15) is 13.5 Å². The molecule has 0 amide bonds. The maximum atomic E-state index is 12.7. The molecule has 0 saturated carbocycles. The van der Waals surface area contributed by atoms with Crippen molar-refractivity contribution < 1.29 is 13.5 Å². The molecule has 0 aliphatic rings. The largest absolute Gasteiger partial charge is 0.394 e. The number of rotatable bonds is 5. The lowest BCUT2D eigenvalue weighted by Crippen LogP contribution is -2.31. The van der Waals surface area contributed by atoms with Crippen LogP contribution in [0.25, 0.3) is 0 Å². The second kappa shape index (κ2) is 6.60. The Balaban J connectivity index is 2.39. The van der Waals surface area contributed by atoms with E-state index in [1.54, 1.807) is 26.0 Å². The molecular formula is C17H21NO3S. The summed E-state index contributed by atoms with van der Waals surface area (Å²) in [7, 11) is -3.71. The second-order valence-corrected chi connectivity index (χ2v) is 7.15. The Morgan fingerprint density at radius 3 is 2.09 bits per heavy atom. The zero-order valence-corrected chi connectivity index (χ0v) is 13.8. The highest BCUT2D eigenvalue weighted by atomic mass is 32.2. The minimum Gasteiger partial charge on any atom is -0.394 e. The van der Waals surface area contributed by atoms with Gasteiger partial charge in [0.05, 0.1) is 17.5 Å². The van der Waals surface area contributed by atoms with Gasteiger partial charge in [0.25, 0.3) is 0 Å². The highest BCUT2D eigenvalue weighted by Crippen LogP contribution is 2.24. The molecule has 2 aromatic carbocycles. The van der Waals surface area contributed by atoms with Crippen LogP contribution in [0, 0.1) is 20.8 Å². The van der Waals surface area contributed by atoms with Gasteiger partial charge in [-0.05, 0) is 37.5 Å². The number of sulfonamides is 1. The van der Waals surface area contributed by atoms with Gasteiger partial charge in [-0.1, -0.05) is 48.0 Å². The van der Waals surface area contributed by atoms with Crippen LogP contribution >= 0.6 is 0 Å². The molecule has 2 N–H and O–H groups in total. The van der Waals surface area contributed by atoms with Crippen LogP contribution in [-0.2, 0) is 10.0 Å². The van der Waals surface area contributed by atoms with Crippen molar-refractivity contribution in [2.45, 2.75) is 31.7 Å². The van der Waals surface area contributed by atoms with Crippen molar-refractivity contribution in [3.8, 4) is 0 Å². The summed E-state index contributed by atoms with van der Waals surface area (Å²) in [5, 5.41) is 9.55. The molecule has 4 nitrogen and oxygen atoms in total. The van der Waals surface area contributed by atoms with Crippen LogP contribution in [0.2, 0.25) is 0 Å². The van der Waals surface area contributed by atoms with E-state index in [0.717, 1.165) is 11.1 Å². The number of aryl methyl sites for hydroxylation is 3. The fraction of sp³-hybridized carbons (Fsp3) is 0.294. The molecule has 0 aliphatic carbocycles. The Kier molecular flexibility index (Phi) is 5.01. The minimum absolute atomic E-state index is 0.285. The topological polar surface area (TPSA) is 66.4 Å². The van der Waals surface area contributed by atoms with E-state index in [4.69, 9.17) is 0 Å². The van der Waals surface area contributed by atoms with E-state index >= 15 is 0 Å². The van der Waals surface area contributed by atoms with Gasteiger partial charge in [-0.25, -0.2) is 13.1 Å². The van der Waals surface area contributed by atoms with E-state index in [1.165, 1.54) is 0 Å². The molecule has 0 fully saturated rings. The summed E-state index contributed by atoms with van der Waals surface area (Å²) in [6, 6.07) is 12.1. The van der Waals surface area contributed by atoms with Crippen LogP contribution in [0.15, 0.2) is 47.4 Å². The number of hydrogen-bond acceptors (Lipinski definition) is 3. The van der Waals surface area contributed by atoms with Gasteiger partial charge >= 0.3 is 0 Å². The Morgan fingerprint density at radius 1 is 1.05 bits per heavy atom. The average Bonchev–Trinajstić information content (AvgIpc) is 2.44. The smallest absolute Gasteiger partial charge is 0.241 e. The lowest BCUT2D eigenvalue weighted by atomic mass is 10.1. The van der Waals surface area contributed by atoms with Gasteiger partial charge in [0.1, 0.15) is 0 Å². The first kappa shape index (κ1) is 16.7. The molecule has 0 bridgehead atoms. The van der Waals surface area contributed by atoms with Crippen molar-refractivity contribution in [3.63, 3.8) is 0 Å². The van der Waals surface area contributed by atoms with Crippen molar-refractivity contribution in [1.82, 2.24) is 4.72 Å². The van der Waals surface area contributed by atoms with Crippen molar-refractivity contribution in [2.75, 3.05) is 6.61 Å². The Bertz CT molecular complexity index is 732. The van der Waals surface area contributed by atoms with E-state index < -0.39 is 16.1 Å². The molecule has 1 atom stereocenters. The zero-order chi connectivity index (χ0) is 16.3. The van der Waals surface area contributed by atoms with Crippen molar-refractivity contribution in [3.05, 3.63) is 64.7 Å². The molecule has 0 aliphatic heterocycles. The van der Waals surface area contributed by atoms with Gasteiger partial charge in [-0.15, -0.1) is 0 Å². The third-order valence-electron chi connectivity index (χ3n) is 3.56. The molecule has 5 heteroatoms. The maximum Gasteiger partial charge on any atom is 0.241 e. The Hall–Kier alpha value is -1.69. The van der Waals surface area contributed by atoms with Crippen LogP contribution in [0.4, 0.5) is 0 Å². The molecule has 0 unspecified atom stereocenters. The van der Waals surface area contributed by atoms with Crippen LogP contribution in [0.3, 0.4) is 0 Å². The molecule has 0 radical (unpaired) electrons. The van der Waals surface area contributed by atoms with Crippen LogP contribution in [0.5, 0.6) is 0 Å². The van der Waals surface area contributed by atoms with Gasteiger partial charge < -0.3 is 5.11 Å². The predicted molar refractivity (Wildman–Crippen MR) is 87.2 cm³/mol. The third-order valence-corrected chi connectivity index (χ3v) is 5.33. The van der Waals surface area contributed by atoms with Gasteiger partial charge in [0, 0.05) is 0 Å². The summed E-state index contributed by atoms with van der Waals surface area (Å²) in [5.41, 5.74) is 3.16. The van der Waals surface area contributed by atoms with Crippen LogP contribution < -0.4 is 4.72 Å². The molecule has 0 heterocycles. The molecule has 118 valence electrons. The molecule has 2 rings (SSSR count). The molecule has 0 saturated heterocycles. The summed E-state index contributed by atoms with van der Waals surface area (Å²) < 4.78 is 28.0. The molecular weight excluding hydrogens is 298 g/mol. The highest BCUT2D eigenvalue weighted by Gasteiger charge is 2.24. The van der Waals surface area contributed by atoms with E-state index in [1.807, 2.05) is 37.3 Å². The number of hydrogen-bond donors (Lipinski definition) is 2. The molecule has 22 heavy (non-hydrogen) atoms. The standard InChI is InChI=1S/C17H21NO3S/c1-12-9-13(2)17(14(3)10-12)22(20,21)18-16(11-19)15-7-5-4-6-8-15/h4-10,16,18-19H,11H2,1-3H3/t16-/m1/s1. The van der Waals surface area contributed by atoms with Crippen molar-refractivity contribution >= 4 is 10.0 Å². The van der Waals surface area contributed by atoms with E-state index in [2.05, 4.69) is 4.72 Å². The lowest BCUT2D eigenvalue weighted by molar-refractivity contribution is 0.259. The fourth-order valence-electron chi connectivity index (χ4n) is 2.73. The lowest BCUT2D eigenvalue weighted by Gasteiger charge is -2.19. The van der Waals surface area contributed by atoms with Crippen LogP contribution in [0.1, 0.15) is 28.3 Å². The third kappa shape index (κ3) is 3.55. The quantitative estimate of drug-likeness (QED) is 0.890. The van der Waals surface area contributed by atoms with Gasteiger partial charge in [-0.2, -0.15) is 0 Å². The number of aliphatic hydroxyl groups is 1. The molecule has 2 aromatic rings. The first-order valence-corrected chi connectivity index (χ1v) is 8.59. The summed E-state index contributed by atoms with van der Waals surface area (Å²) in [6.45, 7) is 5.20. The number of nitrogens with one attached hydrogen (secondary N) is 1. The zero-order valence-electron chi connectivity index (χ0n) is 13.0. The summed E-state index contributed by atoms with van der Waals surface area (Å²) >= 11 is 0. The fourth-order valence-corrected chi connectivity index (χ4v) is 4.40. The van der Waals surface area contributed by atoms with Crippen molar-refractivity contribution in [2.24, 2.45) is 0 Å².